The van der Waals surface area contributed by atoms with Crippen molar-refractivity contribution in [2.24, 2.45) is 0 Å². The number of hydrogen-bond acceptors (Lipinski definition) is 5. The lowest BCUT2D eigenvalue weighted by molar-refractivity contribution is -0.119. The Morgan fingerprint density at radius 1 is 1.00 bits per heavy atom. The third-order valence-electron chi connectivity index (χ3n) is 4.31. The molecule has 8 nitrogen and oxygen atoms in total. The number of benzene rings is 2. The Balaban J connectivity index is 1.51. The van der Waals surface area contributed by atoms with E-state index in [0.717, 1.165) is 11.4 Å². The van der Waals surface area contributed by atoms with Crippen molar-refractivity contribution in [2.75, 3.05) is 16.9 Å². The molecule has 142 valence electrons. The van der Waals surface area contributed by atoms with Gasteiger partial charge >= 0.3 is 0 Å². The Labute approximate surface area is 170 Å². The number of aromatic amines is 2. The van der Waals surface area contributed by atoms with Gasteiger partial charge in [-0.2, -0.15) is 0 Å². The molecule has 0 radical (unpaired) electrons. The van der Waals surface area contributed by atoms with Crippen molar-refractivity contribution in [1.29, 1.82) is 0 Å². The topological polar surface area (TPSA) is 97.9 Å². The van der Waals surface area contributed by atoms with Crippen LogP contribution in [0.1, 0.15) is 16.8 Å². The highest BCUT2D eigenvalue weighted by Gasteiger charge is 2.18. The van der Waals surface area contributed by atoms with Gasteiger partial charge < -0.3 is 5.32 Å². The minimum absolute atomic E-state index is 0.0101. The molecule has 1 aliphatic rings. The van der Waals surface area contributed by atoms with Gasteiger partial charge in [0.05, 0.1) is 11.4 Å². The van der Waals surface area contributed by atoms with E-state index in [1.165, 1.54) is 0 Å². The molecule has 4 N–H and O–H groups in total. The van der Waals surface area contributed by atoms with Crippen LogP contribution in [0.25, 0.3) is 5.69 Å². The Morgan fingerprint density at radius 2 is 1.71 bits per heavy atom. The summed E-state index contributed by atoms with van der Waals surface area (Å²) < 4.78 is 2.55. The Hall–Kier alpha value is -3.24. The van der Waals surface area contributed by atoms with E-state index in [4.69, 9.17) is 24.4 Å². The summed E-state index contributed by atoms with van der Waals surface area (Å²) in [5.41, 5.74) is 5.46. The third-order valence-corrected chi connectivity index (χ3v) is 4.88. The summed E-state index contributed by atoms with van der Waals surface area (Å²) >= 11 is 10.4. The average Bonchev–Trinajstić information content (AvgIpc) is 3.27. The maximum absolute atomic E-state index is 12.6. The molecule has 3 aromatic rings. The molecule has 0 spiro atoms. The van der Waals surface area contributed by atoms with Gasteiger partial charge in [-0.05, 0) is 66.9 Å². The molecule has 0 saturated carbocycles. The largest absolute Gasteiger partial charge is 0.322 e. The predicted octanol–water partition coefficient (Wildman–Crippen LogP) is 3.09. The zero-order valence-electron chi connectivity index (χ0n) is 14.6. The van der Waals surface area contributed by atoms with Crippen LogP contribution in [0.4, 0.5) is 11.4 Å². The number of amides is 2. The molecular formula is C18H16N6O2S2. The minimum atomic E-state index is -0.239. The highest BCUT2D eigenvalue weighted by molar-refractivity contribution is 7.72. The molecule has 2 heterocycles. The van der Waals surface area contributed by atoms with Gasteiger partial charge in [-0.1, -0.05) is 6.07 Å². The highest BCUT2D eigenvalue weighted by Crippen LogP contribution is 2.19. The molecule has 0 aliphatic carbocycles. The molecule has 2 amide bonds. The van der Waals surface area contributed by atoms with Crippen molar-refractivity contribution in [2.45, 2.75) is 6.42 Å². The Bertz CT molecular complexity index is 1130. The number of aromatic nitrogens is 3. The maximum Gasteiger partial charge on any atom is 0.255 e. The molecule has 4 rings (SSSR count). The summed E-state index contributed by atoms with van der Waals surface area (Å²) in [7, 11) is 0. The summed E-state index contributed by atoms with van der Waals surface area (Å²) in [6.07, 6.45) is 0.466. The van der Waals surface area contributed by atoms with E-state index in [1.54, 1.807) is 46.0 Å². The molecule has 10 heteroatoms. The fourth-order valence-electron chi connectivity index (χ4n) is 2.93. The quantitative estimate of drug-likeness (QED) is 0.494. The molecular weight excluding hydrogens is 396 g/mol. The van der Waals surface area contributed by atoms with Crippen molar-refractivity contribution >= 4 is 47.6 Å². The number of hydrogen-bond donors (Lipinski definition) is 4. The van der Waals surface area contributed by atoms with E-state index in [1.807, 2.05) is 12.1 Å². The number of H-pyrrole nitrogens is 2. The number of hydrazine groups is 1. The van der Waals surface area contributed by atoms with E-state index in [0.29, 0.717) is 33.8 Å². The fraction of sp³-hybridized carbons (Fsp3) is 0.111. The first-order valence-corrected chi connectivity index (χ1v) is 9.31. The molecule has 0 unspecified atom stereocenters. The summed E-state index contributed by atoms with van der Waals surface area (Å²) in [6, 6.07) is 14.3. The van der Waals surface area contributed by atoms with Crippen molar-refractivity contribution in [3.8, 4) is 5.69 Å². The second-order valence-electron chi connectivity index (χ2n) is 6.18. The van der Waals surface area contributed by atoms with Crippen LogP contribution >= 0.6 is 24.4 Å². The lowest BCUT2D eigenvalue weighted by Gasteiger charge is -2.17. The number of rotatable bonds is 4. The van der Waals surface area contributed by atoms with Crippen LogP contribution in [0.15, 0.2) is 48.5 Å². The summed E-state index contributed by atoms with van der Waals surface area (Å²) in [4.78, 5) is 23.9. The number of nitrogens with one attached hydrogen (secondary N) is 4. The molecule has 28 heavy (non-hydrogen) atoms. The molecule has 2 aromatic carbocycles. The van der Waals surface area contributed by atoms with E-state index < -0.39 is 0 Å². The van der Waals surface area contributed by atoms with Gasteiger partial charge in [0.25, 0.3) is 5.91 Å². The van der Waals surface area contributed by atoms with E-state index in [2.05, 4.69) is 20.9 Å². The molecule has 0 atom stereocenters. The number of nitrogens with zero attached hydrogens (tertiary/aromatic N) is 2. The number of anilines is 2. The molecule has 1 fully saturated rings. The average molecular weight is 412 g/mol. The predicted molar refractivity (Wildman–Crippen MR) is 111 cm³/mol. The lowest BCUT2D eigenvalue weighted by Crippen LogP contribution is -2.32. The summed E-state index contributed by atoms with van der Waals surface area (Å²) in [5.74, 6) is -0.249. The normalized spacial score (nSPS) is 13.4. The van der Waals surface area contributed by atoms with Crippen molar-refractivity contribution < 1.29 is 9.59 Å². The third kappa shape index (κ3) is 3.59. The Morgan fingerprint density at radius 3 is 2.36 bits per heavy atom. The van der Waals surface area contributed by atoms with Crippen LogP contribution in [0.2, 0.25) is 0 Å². The van der Waals surface area contributed by atoms with Crippen LogP contribution in [0, 0.1) is 9.54 Å². The minimum Gasteiger partial charge on any atom is -0.322 e. The maximum atomic E-state index is 12.6. The van der Waals surface area contributed by atoms with Crippen LogP contribution in [-0.2, 0) is 4.79 Å². The zero-order chi connectivity index (χ0) is 19.7. The molecule has 1 aromatic heterocycles. The van der Waals surface area contributed by atoms with E-state index >= 15 is 0 Å². The number of carbonyl (C=O) groups is 2. The van der Waals surface area contributed by atoms with Gasteiger partial charge in [0.2, 0.25) is 5.91 Å². The smallest absolute Gasteiger partial charge is 0.255 e. The van der Waals surface area contributed by atoms with Gasteiger partial charge in [-0.3, -0.25) is 34.8 Å². The van der Waals surface area contributed by atoms with Crippen molar-refractivity contribution in [1.82, 2.24) is 20.2 Å². The number of carbonyl (C=O) groups excluding carboxylic acids is 2. The molecule has 1 saturated heterocycles. The zero-order valence-corrected chi connectivity index (χ0v) is 16.2. The second kappa shape index (κ2) is 7.41. The van der Waals surface area contributed by atoms with Gasteiger partial charge in [0, 0.05) is 24.2 Å². The van der Waals surface area contributed by atoms with Crippen molar-refractivity contribution in [3.05, 3.63) is 63.6 Å². The van der Waals surface area contributed by atoms with Gasteiger partial charge in [-0.15, -0.1) is 0 Å². The van der Waals surface area contributed by atoms with Gasteiger partial charge in [-0.25, -0.2) is 0 Å². The first-order chi connectivity index (χ1) is 13.5. The summed E-state index contributed by atoms with van der Waals surface area (Å²) in [5, 5.41) is 10.2. The van der Waals surface area contributed by atoms with E-state index in [9.17, 15) is 9.59 Å². The van der Waals surface area contributed by atoms with Crippen LogP contribution in [-0.4, -0.2) is 33.1 Å². The molecule has 1 aliphatic heterocycles. The second-order valence-corrected chi connectivity index (χ2v) is 6.96. The van der Waals surface area contributed by atoms with Gasteiger partial charge in [0.15, 0.2) is 9.54 Å². The monoisotopic (exact) mass is 412 g/mol. The van der Waals surface area contributed by atoms with Crippen LogP contribution < -0.4 is 15.8 Å². The fourth-order valence-corrected chi connectivity index (χ4v) is 3.49. The van der Waals surface area contributed by atoms with Crippen molar-refractivity contribution in [3.63, 3.8) is 0 Å². The van der Waals surface area contributed by atoms with Crippen LogP contribution in [0.5, 0.6) is 0 Å². The highest BCUT2D eigenvalue weighted by atomic mass is 32.1. The lowest BCUT2D eigenvalue weighted by atomic mass is 10.2. The first kappa shape index (κ1) is 18.1. The SMILES string of the molecule is O=C1CCN(c2ccc(C(=O)Nc3cccc(-n4c(=S)[nH][nH]c4=S)c3)cc2)N1. The first-order valence-electron chi connectivity index (χ1n) is 8.50. The Kier molecular flexibility index (Phi) is 4.80. The van der Waals surface area contributed by atoms with Gasteiger partial charge in [0.1, 0.15) is 0 Å². The summed E-state index contributed by atoms with van der Waals surface area (Å²) in [6.45, 7) is 0.612. The molecule has 0 bridgehead atoms. The standard InChI is InChI=1S/C18H16N6O2S2/c25-15-8-9-23(22-15)13-6-4-11(5-7-13)16(26)19-12-2-1-3-14(10-12)24-17(27)20-21-18(24)28/h1-7,10H,8-9H2,(H,19,26)(H,20,27)(H,21,28)(H,22,25). The van der Waals surface area contributed by atoms with Crippen LogP contribution in [0.3, 0.4) is 0 Å². The van der Waals surface area contributed by atoms with E-state index in [-0.39, 0.29) is 11.8 Å².